The maximum atomic E-state index is 6.09. The Bertz CT molecular complexity index is 628. The lowest BCUT2D eigenvalue weighted by molar-refractivity contribution is 1.37. The molecule has 16 heavy (non-hydrogen) atoms. The van der Waals surface area contributed by atoms with Crippen LogP contribution in [0.2, 0.25) is 5.15 Å². The van der Waals surface area contributed by atoms with E-state index in [1.807, 2.05) is 12.1 Å². The largest absolute Gasteiger partial charge is 0.244 e. The molecule has 0 unspecified atom stereocenters. The number of halogens is 1. The number of hydrogen-bond donors (Lipinski definition) is 0. The van der Waals surface area contributed by atoms with Gasteiger partial charge in [0, 0.05) is 11.6 Å². The molecule has 0 aliphatic rings. The molecule has 2 heteroatoms. The molecule has 0 atom stereocenters. The average molecular weight is 228 g/mol. The molecular weight excluding hydrogens is 218 g/mol. The van der Waals surface area contributed by atoms with Gasteiger partial charge in [-0.15, -0.1) is 0 Å². The van der Waals surface area contributed by atoms with E-state index >= 15 is 0 Å². The summed E-state index contributed by atoms with van der Waals surface area (Å²) < 4.78 is 0. The molecule has 1 heterocycles. The number of pyridine rings is 1. The lowest BCUT2D eigenvalue weighted by atomic mass is 10.0. The van der Waals surface area contributed by atoms with Gasteiger partial charge in [-0.3, -0.25) is 0 Å². The highest BCUT2D eigenvalue weighted by molar-refractivity contribution is 6.35. The van der Waals surface area contributed by atoms with Gasteiger partial charge in [0.25, 0.3) is 0 Å². The van der Waals surface area contributed by atoms with Crippen molar-refractivity contribution < 1.29 is 0 Å². The number of benzene rings is 2. The van der Waals surface area contributed by atoms with E-state index in [2.05, 4.69) is 36.2 Å². The molecule has 0 amide bonds. The molecule has 0 fully saturated rings. The molecule has 0 aliphatic carbocycles. The molecule has 3 rings (SSSR count). The Morgan fingerprint density at radius 2 is 1.62 bits per heavy atom. The number of aryl methyl sites for hydroxylation is 1. The zero-order chi connectivity index (χ0) is 11.1. The Morgan fingerprint density at radius 3 is 2.50 bits per heavy atom. The minimum Gasteiger partial charge on any atom is -0.244 e. The summed E-state index contributed by atoms with van der Waals surface area (Å²) in [7, 11) is 0. The lowest BCUT2D eigenvalue weighted by Crippen LogP contribution is -1.83. The monoisotopic (exact) mass is 227 g/mol. The molecule has 0 saturated heterocycles. The topological polar surface area (TPSA) is 12.9 Å². The highest BCUT2D eigenvalue weighted by atomic mass is 35.5. The molecule has 0 saturated carbocycles. The molecular formula is C14H10ClN. The molecule has 0 N–H and O–H groups in total. The van der Waals surface area contributed by atoms with E-state index in [9.17, 15) is 0 Å². The fourth-order valence-corrected chi connectivity index (χ4v) is 2.37. The van der Waals surface area contributed by atoms with Crippen molar-refractivity contribution in [1.82, 2.24) is 4.98 Å². The Hall–Kier alpha value is -1.60. The molecule has 1 nitrogen and oxygen atoms in total. The van der Waals surface area contributed by atoms with Crippen LogP contribution >= 0.6 is 11.6 Å². The Balaban J connectivity index is 2.60. The zero-order valence-electron chi connectivity index (χ0n) is 8.87. The van der Waals surface area contributed by atoms with E-state index in [0.29, 0.717) is 5.15 Å². The minimum absolute atomic E-state index is 0.570. The summed E-state index contributed by atoms with van der Waals surface area (Å²) >= 11 is 6.09. The first-order valence-corrected chi connectivity index (χ1v) is 5.58. The number of rotatable bonds is 0. The smallest absolute Gasteiger partial charge is 0.136 e. The summed E-state index contributed by atoms with van der Waals surface area (Å²) in [5.74, 6) is 0. The first-order chi connectivity index (χ1) is 7.77. The van der Waals surface area contributed by atoms with Gasteiger partial charge in [0.1, 0.15) is 5.15 Å². The minimum atomic E-state index is 0.570. The third-order valence-electron chi connectivity index (χ3n) is 2.97. The predicted molar refractivity (Wildman–Crippen MR) is 69.0 cm³/mol. The van der Waals surface area contributed by atoms with E-state index in [1.165, 1.54) is 21.7 Å². The summed E-state index contributed by atoms with van der Waals surface area (Å²) in [5, 5.41) is 5.27. The van der Waals surface area contributed by atoms with E-state index in [-0.39, 0.29) is 0 Å². The van der Waals surface area contributed by atoms with E-state index in [4.69, 9.17) is 11.6 Å². The second-order valence-electron chi connectivity index (χ2n) is 3.93. The van der Waals surface area contributed by atoms with Gasteiger partial charge in [0.2, 0.25) is 0 Å². The summed E-state index contributed by atoms with van der Waals surface area (Å²) in [6, 6.07) is 12.5. The quantitative estimate of drug-likeness (QED) is 0.411. The Kier molecular flexibility index (Phi) is 2.08. The fraction of sp³-hybridized carbons (Fsp3) is 0.0714. The maximum Gasteiger partial charge on any atom is 0.136 e. The van der Waals surface area contributed by atoms with Crippen LogP contribution in [0.4, 0.5) is 0 Å². The number of aromatic nitrogens is 1. The highest BCUT2D eigenvalue weighted by Crippen LogP contribution is 2.29. The zero-order valence-corrected chi connectivity index (χ0v) is 9.62. The molecule has 0 spiro atoms. The van der Waals surface area contributed by atoms with Gasteiger partial charge >= 0.3 is 0 Å². The summed E-state index contributed by atoms with van der Waals surface area (Å²) in [5.41, 5.74) is 1.28. The van der Waals surface area contributed by atoms with Gasteiger partial charge in [-0.1, -0.05) is 41.9 Å². The SMILES string of the molecule is Cc1cccc2c1ccc1c(Cl)nccc12. The van der Waals surface area contributed by atoms with E-state index in [0.717, 1.165) is 5.39 Å². The molecule has 0 radical (unpaired) electrons. The Morgan fingerprint density at radius 1 is 0.875 bits per heavy atom. The van der Waals surface area contributed by atoms with Crippen LogP contribution < -0.4 is 0 Å². The predicted octanol–water partition coefficient (Wildman–Crippen LogP) is 4.35. The normalized spacial score (nSPS) is 11.1. The van der Waals surface area contributed by atoms with E-state index < -0.39 is 0 Å². The lowest BCUT2D eigenvalue weighted by Gasteiger charge is -2.06. The average Bonchev–Trinajstić information content (AvgIpc) is 2.30. The first kappa shape index (κ1) is 9.61. The molecule has 78 valence electrons. The van der Waals surface area contributed by atoms with Crippen molar-refractivity contribution in [2.24, 2.45) is 0 Å². The Labute approximate surface area is 98.7 Å². The molecule has 0 bridgehead atoms. The second-order valence-corrected chi connectivity index (χ2v) is 4.29. The van der Waals surface area contributed by atoms with Crippen LogP contribution in [0.3, 0.4) is 0 Å². The van der Waals surface area contributed by atoms with Gasteiger partial charge in [-0.05, 0) is 34.7 Å². The van der Waals surface area contributed by atoms with Gasteiger partial charge < -0.3 is 0 Å². The van der Waals surface area contributed by atoms with Crippen LogP contribution in [0.5, 0.6) is 0 Å². The van der Waals surface area contributed by atoms with Crippen LogP contribution in [0.15, 0.2) is 42.6 Å². The molecule has 1 aromatic heterocycles. The van der Waals surface area contributed by atoms with E-state index in [1.54, 1.807) is 6.20 Å². The fourth-order valence-electron chi connectivity index (χ4n) is 2.14. The van der Waals surface area contributed by atoms with Crippen LogP contribution in [0, 0.1) is 6.92 Å². The van der Waals surface area contributed by atoms with Gasteiger partial charge in [-0.25, -0.2) is 4.98 Å². The molecule has 2 aromatic carbocycles. The molecule has 3 aromatic rings. The van der Waals surface area contributed by atoms with Crippen LogP contribution in [-0.4, -0.2) is 4.98 Å². The number of hydrogen-bond acceptors (Lipinski definition) is 1. The van der Waals surface area contributed by atoms with Crippen LogP contribution in [0.25, 0.3) is 21.5 Å². The molecule has 0 aliphatic heterocycles. The third kappa shape index (κ3) is 1.29. The highest BCUT2D eigenvalue weighted by Gasteiger charge is 2.04. The van der Waals surface area contributed by atoms with Crippen molar-refractivity contribution in [3.05, 3.63) is 53.3 Å². The van der Waals surface area contributed by atoms with Gasteiger partial charge in [0.05, 0.1) is 0 Å². The number of nitrogens with zero attached hydrogens (tertiary/aromatic N) is 1. The number of fused-ring (bicyclic) bond motifs is 3. The van der Waals surface area contributed by atoms with Crippen molar-refractivity contribution in [3.8, 4) is 0 Å². The van der Waals surface area contributed by atoms with Gasteiger partial charge in [0.15, 0.2) is 0 Å². The van der Waals surface area contributed by atoms with Crippen molar-refractivity contribution in [3.63, 3.8) is 0 Å². The maximum absolute atomic E-state index is 6.09. The van der Waals surface area contributed by atoms with Crippen molar-refractivity contribution in [2.75, 3.05) is 0 Å². The van der Waals surface area contributed by atoms with Crippen LogP contribution in [-0.2, 0) is 0 Å². The van der Waals surface area contributed by atoms with Crippen molar-refractivity contribution in [2.45, 2.75) is 6.92 Å². The van der Waals surface area contributed by atoms with Crippen molar-refractivity contribution >= 4 is 33.1 Å². The third-order valence-corrected chi connectivity index (χ3v) is 3.27. The second kappa shape index (κ2) is 3.46. The van der Waals surface area contributed by atoms with Crippen molar-refractivity contribution in [1.29, 1.82) is 0 Å². The van der Waals surface area contributed by atoms with Gasteiger partial charge in [-0.2, -0.15) is 0 Å². The summed E-state index contributed by atoms with van der Waals surface area (Å²) in [6.07, 6.45) is 1.76. The first-order valence-electron chi connectivity index (χ1n) is 5.20. The summed E-state index contributed by atoms with van der Waals surface area (Å²) in [4.78, 5) is 4.10. The standard InChI is InChI=1S/C14H10ClN/c1-9-3-2-4-11-10(9)5-6-13-12(11)7-8-16-14(13)15/h2-8H,1H3. The van der Waals surface area contributed by atoms with Crippen LogP contribution in [0.1, 0.15) is 5.56 Å². The summed E-state index contributed by atoms with van der Waals surface area (Å²) in [6.45, 7) is 2.12.